The zero-order chi connectivity index (χ0) is 21.9. The molecule has 0 radical (unpaired) electrons. The van der Waals surface area contributed by atoms with Gasteiger partial charge in [0.05, 0.1) is 18.0 Å². The largest absolute Gasteiger partial charge is 0.370 e. The van der Waals surface area contributed by atoms with Crippen molar-refractivity contribution >= 4 is 0 Å². The van der Waals surface area contributed by atoms with E-state index >= 15 is 0 Å². The summed E-state index contributed by atoms with van der Waals surface area (Å²) in [4.78, 5) is 6.37. The molecule has 31 heavy (non-hydrogen) atoms. The number of nitrogens with two attached hydrogens (primary N) is 1. The summed E-state index contributed by atoms with van der Waals surface area (Å²) in [7, 11) is 1.67. The van der Waals surface area contributed by atoms with Gasteiger partial charge in [-0.1, -0.05) is 0 Å². The van der Waals surface area contributed by atoms with Gasteiger partial charge in [-0.3, -0.25) is 14.1 Å². The van der Waals surface area contributed by atoms with Gasteiger partial charge < -0.3 is 10.5 Å². The van der Waals surface area contributed by atoms with E-state index in [-0.39, 0.29) is 30.6 Å². The number of aromatic amines is 1. The fourth-order valence-electron chi connectivity index (χ4n) is 4.43. The van der Waals surface area contributed by atoms with Crippen molar-refractivity contribution in [3.05, 3.63) is 46.8 Å². The van der Waals surface area contributed by atoms with Crippen molar-refractivity contribution in [3.8, 4) is 11.6 Å². The van der Waals surface area contributed by atoms with Crippen LogP contribution >= 0.6 is 0 Å². The number of nitrogens with one attached hydrogen (secondary N) is 1. The summed E-state index contributed by atoms with van der Waals surface area (Å²) in [5, 5.41) is 6.52. The second-order valence-electron chi connectivity index (χ2n) is 7.95. The molecule has 2 aliphatic heterocycles. The quantitative estimate of drug-likeness (QED) is 0.610. The van der Waals surface area contributed by atoms with Crippen molar-refractivity contribution in [3.63, 3.8) is 0 Å². The van der Waals surface area contributed by atoms with Crippen LogP contribution in [0.2, 0.25) is 0 Å². The number of benzene rings is 1. The van der Waals surface area contributed by atoms with Crippen LogP contribution in [0, 0.1) is 11.6 Å². The Kier molecular flexibility index (Phi) is 4.87. The van der Waals surface area contributed by atoms with Crippen LogP contribution in [0.5, 0.6) is 0 Å². The van der Waals surface area contributed by atoms with Gasteiger partial charge in [-0.15, -0.1) is 5.10 Å². The lowest BCUT2D eigenvalue weighted by Gasteiger charge is -2.38. The Hall–Kier alpha value is -2.70. The molecule has 5 rings (SSSR count). The molecule has 3 N–H and O–H groups in total. The summed E-state index contributed by atoms with van der Waals surface area (Å²) in [5.74, 6) is -0.662. The van der Waals surface area contributed by atoms with E-state index in [0.29, 0.717) is 30.2 Å². The molecule has 1 aromatic carbocycles. The number of fused-ring (bicyclic) bond motifs is 1. The number of halogens is 4. The molecule has 0 amide bonds. The average molecular weight is 439 g/mol. The number of aromatic nitrogens is 5. The lowest BCUT2D eigenvalue weighted by Crippen LogP contribution is -2.48. The Morgan fingerprint density at radius 2 is 2.03 bits per heavy atom. The fourth-order valence-corrected chi connectivity index (χ4v) is 4.43. The molecule has 0 saturated carbocycles. The Labute approximate surface area is 174 Å². The minimum absolute atomic E-state index is 0.0881. The minimum Gasteiger partial charge on any atom is -0.370 e. The number of hydrogen-bond acceptors (Lipinski definition) is 5. The SMILES string of the molecule is Cn1[nH]nc1-c1nc2c(n1C(F)F)CN([C@H]1CO[C@H](c3cc(F)ccc3F)[C@@H](N)C1)C2. The number of H-pyrrole nitrogens is 1. The van der Waals surface area contributed by atoms with Crippen LogP contribution in [-0.4, -0.2) is 48.1 Å². The molecule has 0 bridgehead atoms. The Morgan fingerprint density at radius 3 is 2.68 bits per heavy atom. The number of ether oxygens (including phenoxy) is 1. The van der Waals surface area contributed by atoms with E-state index < -0.39 is 30.3 Å². The third-order valence-electron chi connectivity index (χ3n) is 6.00. The molecule has 166 valence electrons. The zero-order valence-electron chi connectivity index (χ0n) is 16.6. The minimum atomic E-state index is -2.76. The summed E-state index contributed by atoms with van der Waals surface area (Å²) < 4.78 is 63.5. The highest BCUT2D eigenvalue weighted by molar-refractivity contribution is 5.48. The van der Waals surface area contributed by atoms with Gasteiger partial charge in [0.25, 0.3) is 0 Å². The fraction of sp³-hybridized carbons (Fsp3) is 0.474. The number of imidazole rings is 1. The van der Waals surface area contributed by atoms with Crippen LogP contribution in [-0.2, 0) is 24.9 Å². The monoisotopic (exact) mass is 439 g/mol. The summed E-state index contributed by atoms with van der Waals surface area (Å²) in [6.45, 7) is -1.91. The van der Waals surface area contributed by atoms with Gasteiger partial charge in [-0.25, -0.2) is 19.0 Å². The van der Waals surface area contributed by atoms with Crippen LogP contribution in [0.25, 0.3) is 11.6 Å². The standard InChI is InChI=1S/C19H21F4N7O/c1-28-18(26-27-28)17-25-14-6-29(7-15(14)30(17)19(22)23)10-5-13(24)16(31-8-10)11-4-9(20)2-3-12(11)21/h2-4,10,13,16,19,27H,5-8,24H2,1H3/t10-,13+,16-/m1/s1. The number of hydrogen-bond donors (Lipinski definition) is 2. The number of aryl methyl sites for hydroxylation is 1. The number of nitrogens with zero attached hydrogens (tertiary/aromatic N) is 5. The maximum absolute atomic E-state index is 14.1. The van der Waals surface area contributed by atoms with Crippen molar-refractivity contribution in [1.29, 1.82) is 0 Å². The summed E-state index contributed by atoms with van der Waals surface area (Å²) in [6.07, 6.45) is -0.317. The smallest absolute Gasteiger partial charge is 0.320 e. The highest BCUT2D eigenvalue weighted by atomic mass is 19.3. The van der Waals surface area contributed by atoms with E-state index in [1.807, 2.05) is 4.90 Å². The molecule has 0 aliphatic carbocycles. The zero-order valence-corrected chi connectivity index (χ0v) is 16.6. The molecule has 0 unspecified atom stereocenters. The molecule has 1 fully saturated rings. The molecule has 8 nitrogen and oxygen atoms in total. The molecule has 3 aromatic rings. The predicted molar refractivity (Wildman–Crippen MR) is 101 cm³/mol. The van der Waals surface area contributed by atoms with Crippen LogP contribution in [0.15, 0.2) is 18.2 Å². The average Bonchev–Trinajstić information content (AvgIpc) is 3.26. The summed E-state index contributed by atoms with van der Waals surface area (Å²) >= 11 is 0. The summed E-state index contributed by atoms with van der Waals surface area (Å²) in [6, 6.07) is 2.46. The first-order chi connectivity index (χ1) is 14.8. The van der Waals surface area contributed by atoms with Gasteiger partial charge in [0.2, 0.25) is 5.82 Å². The first-order valence-corrected chi connectivity index (χ1v) is 9.85. The molecule has 3 atom stereocenters. The normalized spacial score (nSPS) is 24.3. The van der Waals surface area contributed by atoms with Crippen LogP contribution in [0.4, 0.5) is 17.6 Å². The van der Waals surface area contributed by atoms with E-state index in [9.17, 15) is 17.6 Å². The van der Waals surface area contributed by atoms with Gasteiger partial charge in [0.15, 0.2) is 5.82 Å². The van der Waals surface area contributed by atoms with Gasteiger partial charge in [0, 0.05) is 37.8 Å². The number of rotatable bonds is 4. The lowest BCUT2D eigenvalue weighted by molar-refractivity contribution is -0.0538. The third kappa shape index (κ3) is 3.34. The van der Waals surface area contributed by atoms with Crippen LogP contribution in [0.1, 0.15) is 36.0 Å². The second-order valence-corrected chi connectivity index (χ2v) is 7.95. The van der Waals surface area contributed by atoms with E-state index in [4.69, 9.17) is 10.5 Å². The van der Waals surface area contributed by atoms with Crippen LogP contribution in [0.3, 0.4) is 0 Å². The van der Waals surface area contributed by atoms with Crippen molar-refractivity contribution in [2.45, 2.75) is 44.2 Å². The second kappa shape index (κ2) is 7.46. The van der Waals surface area contributed by atoms with Crippen molar-refractivity contribution < 1.29 is 22.3 Å². The first kappa shape index (κ1) is 20.2. The summed E-state index contributed by atoms with van der Waals surface area (Å²) in [5.41, 5.74) is 7.32. The molecular weight excluding hydrogens is 418 g/mol. The van der Waals surface area contributed by atoms with E-state index in [0.717, 1.165) is 22.8 Å². The predicted octanol–water partition coefficient (Wildman–Crippen LogP) is 2.46. The molecule has 12 heteroatoms. The van der Waals surface area contributed by atoms with Crippen LogP contribution < -0.4 is 5.73 Å². The lowest BCUT2D eigenvalue weighted by atomic mass is 9.93. The number of alkyl halides is 2. The van der Waals surface area contributed by atoms with Crippen molar-refractivity contribution in [2.75, 3.05) is 6.61 Å². The maximum Gasteiger partial charge on any atom is 0.320 e. The highest BCUT2D eigenvalue weighted by Crippen LogP contribution is 2.36. The van der Waals surface area contributed by atoms with Gasteiger partial charge in [-0.05, 0) is 24.6 Å². The van der Waals surface area contributed by atoms with E-state index in [2.05, 4.69) is 15.3 Å². The van der Waals surface area contributed by atoms with Crippen molar-refractivity contribution in [2.24, 2.45) is 12.8 Å². The molecular formula is C19H21F4N7O. The topological polar surface area (TPSA) is 89.9 Å². The Balaban J connectivity index is 1.33. The Morgan fingerprint density at radius 1 is 1.23 bits per heavy atom. The first-order valence-electron chi connectivity index (χ1n) is 9.85. The van der Waals surface area contributed by atoms with Gasteiger partial charge >= 0.3 is 6.55 Å². The molecule has 1 saturated heterocycles. The molecule has 0 spiro atoms. The van der Waals surface area contributed by atoms with Crippen molar-refractivity contribution in [1.82, 2.24) is 29.4 Å². The van der Waals surface area contributed by atoms with E-state index in [1.54, 1.807) is 7.05 Å². The molecule has 2 aliphatic rings. The molecule has 2 aromatic heterocycles. The van der Waals surface area contributed by atoms with Gasteiger partial charge in [0.1, 0.15) is 17.7 Å². The van der Waals surface area contributed by atoms with E-state index in [1.165, 1.54) is 4.68 Å². The van der Waals surface area contributed by atoms with Gasteiger partial charge in [-0.2, -0.15) is 8.78 Å². The maximum atomic E-state index is 14.1. The molecule has 4 heterocycles. The highest BCUT2D eigenvalue weighted by Gasteiger charge is 2.39. The Bertz CT molecular complexity index is 1110. The third-order valence-corrected chi connectivity index (χ3v) is 6.00.